The molecule has 0 N–H and O–H groups in total. The molecule has 1 aliphatic heterocycles. The lowest BCUT2D eigenvalue weighted by Crippen LogP contribution is -2.51. The molecule has 1 unspecified atom stereocenters. The molecule has 9 nitrogen and oxygen atoms in total. The van der Waals surface area contributed by atoms with Crippen molar-refractivity contribution < 1.29 is 32.3 Å². The highest BCUT2D eigenvalue weighted by atomic mass is 19.4. The molecule has 3 aromatic rings. The molecule has 1 saturated heterocycles. The second-order valence-electron chi connectivity index (χ2n) is 11.8. The van der Waals surface area contributed by atoms with Crippen LogP contribution in [0.25, 0.3) is 6.08 Å². The van der Waals surface area contributed by atoms with Crippen LogP contribution in [0.1, 0.15) is 29.3 Å². The Morgan fingerprint density at radius 3 is 2.27 bits per heavy atom. The molecule has 1 aromatic heterocycles. The van der Waals surface area contributed by atoms with Crippen molar-refractivity contribution in [3.05, 3.63) is 114 Å². The maximum atomic E-state index is 14.1. The number of benzene rings is 2. The van der Waals surface area contributed by atoms with Crippen molar-refractivity contribution in [3.8, 4) is 0 Å². The van der Waals surface area contributed by atoms with Crippen LogP contribution in [0.2, 0.25) is 0 Å². The number of carbonyl (C=O) groups excluding carboxylic acids is 3. The van der Waals surface area contributed by atoms with E-state index in [0.717, 1.165) is 29.1 Å². The summed E-state index contributed by atoms with van der Waals surface area (Å²) in [5.74, 6) is -0.725. The molecular weight excluding hydrogens is 635 g/mol. The fourth-order valence-electron chi connectivity index (χ4n) is 5.47. The van der Waals surface area contributed by atoms with Gasteiger partial charge < -0.3 is 24.3 Å². The van der Waals surface area contributed by atoms with Crippen molar-refractivity contribution in [2.75, 3.05) is 57.9 Å². The van der Waals surface area contributed by atoms with Gasteiger partial charge in [-0.1, -0.05) is 54.6 Å². The molecule has 0 radical (unpaired) electrons. The Morgan fingerprint density at radius 1 is 0.980 bits per heavy atom. The van der Waals surface area contributed by atoms with E-state index in [1.807, 2.05) is 59.5 Å². The number of piperazine rings is 1. The maximum absolute atomic E-state index is 14.1. The van der Waals surface area contributed by atoms with Crippen molar-refractivity contribution in [2.24, 2.45) is 0 Å². The lowest BCUT2D eigenvalue weighted by Gasteiger charge is -2.36. The Kier molecular flexibility index (Phi) is 13.1. The fourth-order valence-corrected chi connectivity index (χ4v) is 5.47. The van der Waals surface area contributed by atoms with Gasteiger partial charge in [-0.3, -0.25) is 19.4 Å². The Labute approximate surface area is 285 Å². The minimum atomic E-state index is -4.58. The number of hydrogen-bond donors (Lipinski definition) is 0. The number of hydrogen-bond acceptors (Lipinski definition) is 6. The van der Waals surface area contributed by atoms with E-state index in [0.29, 0.717) is 44.9 Å². The molecule has 260 valence electrons. The van der Waals surface area contributed by atoms with E-state index in [1.165, 1.54) is 28.0 Å². The van der Waals surface area contributed by atoms with Gasteiger partial charge in [-0.25, -0.2) is 0 Å². The summed E-state index contributed by atoms with van der Waals surface area (Å²) in [5, 5.41) is 0. The number of ether oxygens (including phenoxy) is 1. The van der Waals surface area contributed by atoms with Gasteiger partial charge >= 0.3 is 6.18 Å². The summed E-state index contributed by atoms with van der Waals surface area (Å²) >= 11 is 0. The van der Waals surface area contributed by atoms with E-state index in [2.05, 4.69) is 16.5 Å². The van der Waals surface area contributed by atoms with Gasteiger partial charge in [0.1, 0.15) is 11.7 Å². The number of anilines is 1. The summed E-state index contributed by atoms with van der Waals surface area (Å²) in [6, 6.07) is 18.3. The molecule has 2 heterocycles. The molecule has 12 heteroatoms. The lowest BCUT2D eigenvalue weighted by molar-refractivity contribution is -0.143. The van der Waals surface area contributed by atoms with E-state index in [-0.39, 0.29) is 31.4 Å². The van der Waals surface area contributed by atoms with Crippen molar-refractivity contribution in [1.82, 2.24) is 19.7 Å². The van der Waals surface area contributed by atoms with Gasteiger partial charge in [0.25, 0.3) is 0 Å². The number of halogens is 3. The summed E-state index contributed by atoms with van der Waals surface area (Å²) < 4.78 is 44.6. The number of pyridine rings is 1. The highest BCUT2D eigenvalue weighted by Crippen LogP contribution is 2.27. The Balaban J connectivity index is 1.62. The van der Waals surface area contributed by atoms with Crippen LogP contribution in [0.15, 0.2) is 91.7 Å². The first-order chi connectivity index (χ1) is 23.5. The van der Waals surface area contributed by atoms with Crippen LogP contribution in [0.5, 0.6) is 0 Å². The van der Waals surface area contributed by atoms with Crippen LogP contribution in [0.4, 0.5) is 18.9 Å². The first kappa shape index (κ1) is 36.9. The molecule has 49 heavy (non-hydrogen) atoms. The maximum Gasteiger partial charge on any atom is 0.433 e. The van der Waals surface area contributed by atoms with Gasteiger partial charge in [-0.05, 0) is 41.0 Å². The Morgan fingerprint density at radius 2 is 1.67 bits per heavy atom. The number of likely N-dealkylation sites (N-methyl/N-ethyl adjacent to an activating group) is 1. The van der Waals surface area contributed by atoms with Gasteiger partial charge in [-0.2, -0.15) is 13.2 Å². The molecule has 1 atom stereocenters. The molecule has 4 rings (SSSR count). The largest absolute Gasteiger partial charge is 0.433 e. The lowest BCUT2D eigenvalue weighted by atomic mass is 10.0. The van der Waals surface area contributed by atoms with Gasteiger partial charge in [0.05, 0.1) is 13.2 Å². The molecular formula is C37H42F3N5O4. The van der Waals surface area contributed by atoms with Crippen LogP contribution >= 0.6 is 0 Å². The van der Waals surface area contributed by atoms with Crippen LogP contribution in [-0.4, -0.2) is 96.4 Å². The smallest absolute Gasteiger partial charge is 0.376 e. The van der Waals surface area contributed by atoms with E-state index in [4.69, 9.17) is 4.74 Å². The van der Waals surface area contributed by atoms with Gasteiger partial charge in [0.15, 0.2) is 0 Å². The van der Waals surface area contributed by atoms with E-state index in [9.17, 15) is 27.6 Å². The molecule has 0 aliphatic carbocycles. The topological polar surface area (TPSA) is 86.3 Å². The van der Waals surface area contributed by atoms with E-state index >= 15 is 0 Å². The molecule has 3 amide bonds. The van der Waals surface area contributed by atoms with Crippen LogP contribution in [-0.2, 0) is 38.3 Å². The number of nitrogens with zero attached hydrogens (tertiary/aromatic N) is 5. The van der Waals surface area contributed by atoms with Gasteiger partial charge in [0, 0.05) is 77.6 Å². The SMILES string of the molecule is C=CCOCCN(C)C(=O)C(Cc1ccccc1)N(Cc1ccc(N2CCN(C(C)=O)CC2)cc1)C(=O)C=Cc1ccc(C(F)(F)F)nc1. The fraction of sp³-hybridized carbons (Fsp3) is 0.351. The molecule has 1 fully saturated rings. The molecule has 0 bridgehead atoms. The van der Waals surface area contributed by atoms with E-state index < -0.39 is 23.8 Å². The quantitative estimate of drug-likeness (QED) is 0.134. The summed E-state index contributed by atoms with van der Waals surface area (Å²) in [7, 11) is 1.66. The third-order valence-electron chi connectivity index (χ3n) is 8.27. The minimum Gasteiger partial charge on any atom is -0.376 e. The Bertz CT molecular complexity index is 1570. The third-order valence-corrected chi connectivity index (χ3v) is 8.27. The first-order valence-corrected chi connectivity index (χ1v) is 16.0. The predicted octanol–water partition coefficient (Wildman–Crippen LogP) is 5.08. The summed E-state index contributed by atoms with van der Waals surface area (Å²) in [6.45, 7) is 8.88. The number of amides is 3. The number of aromatic nitrogens is 1. The summed E-state index contributed by atoms with van der Waals surface area (Å²) in [5.41, 5.74) is 1.89. The Hall–Kier alpha value is -4.97. The van der Waals surface area contributed by atoms with Crippen molar-refractivity contribution in [3.63, 3.8) is 0 Å². The number of rotatable bonds is 14. The summed E-state index contributed by atoms with van der Waals surface area (Å²) in [4.78, 5) is 50.3. The van der Waals surface area contributed by atoms with Crippen LogP contribution in [0.3, 0.4) is 0 Å². The minimum absolute atomic E-state index is 0.0536. The zero-order chi connectivity index (χ0) is 35.4. The van der Waals surface area contributed by atoms with Gasteiger partial charge in [0.2, 0.25) is 17.7 Å². The standard InChI is InChI=1S/C37H42F3N5O4/c1-4-23-49-24-22-42(3)36(48)33(25-29-8-6-5-7-9-29)45(35(47)17-13-30-12-16-34(41-26-30)37(38,39)40)27-31-10-14-32(15-11-31)44-20-18-43(19-21-44)28(2)46/h4-17,26,33H,1,18-25,27H2,2-3H3. The third kappa shape index (κ3) is 10.8. The highest BCUT2D eigenvalue weighted by molar-refractivity contribution is 5.95. The summed E-state index contributed by atoms with van der Waals surface area (Å²) in [6.07, 6.45) is 0.971. The average molecular weight is 678 g/mol. The van der Waals surface area contributed by atoms with Crippen molar-refractivity contribution in [1.29, 1.82) is 0 Å². The van der Waals surface area contributed by atoms with Crippen LogP contribution < -0.4 is 4.90 Å². The van der Waals surface area contributed by atoms with Gasteiger partial charge in [-0.15, -0.1) is 6.58 Å². The molecule has 2 aromatic carbocycles. The normalized spacial score (nSPS) is 14.1. The molecule has 0 saturated carbocycles. The predicted molar refractivity (Wildman–Crippen MR) is 182 cm³/mol. The van der Waals surface area contributed by atoms with E-state index in [1.54, 1.807) is 20.0 Å². The average Bonchev–Trinajstić information content (AvgIpc) is 3.10. The number of carbonyl (C=O) groups is 3. The zero-order valence-corrected chi connectivity index (χ0v) is 27.8. The zero-order valence-electron chi connectivity index (χ0n) is 27.8. The van der Waals surface area contributed by atoms with Crippen LogP contribution in [0, 0.1) is 0 Å². The van der Waals surface area contributed by atoms with Crippen molar-refractivity contribution in [2.45, 2.75) is 32.1 Å². The highest BCUT2D eigenvalue weighted by Gasteiger charge is 2.33. The first-order valence-electron chi connectivity index (χ1n) is 16.0. The molecule has 0 spiro atoms. The molecule has 1 aliphatic rings. The van der Waals surface area contributed by atoms with Crippen molar-refractivity contribution >= 4 is 29.5 Å². The second kappa shape index (κ2) is 17.4. The number of alkyl halides is 3. The monoisotopic (exact) mass is 677 g/mol. The second-order valence-corrected chi connectivity index (χ2v) is 11.8.